The number of rotatable bonds is 3. The summed E-state index contributed by atoms with van der Waals surface area (Å²) in [5.41, 5.74) is 2.34. The van der Waals surface area contributed by atoms with Crippen LogP contribution in [0.2, 0.25) is 0 Å². The summed E-state index contributed by atoms with van der Waals surface area (Å²) in [7, 11) is 1.95. The number of nitrogens with one attached hydrogen (secondary N) is 1. The smallest absolute Gasteiger partial charge is 0.0761 e. The van der Waals surface area contributed by atoms with Crippen molar-refractivity contribution < 1.29 is 0 Å². The van der Waals surface area contributed by atoms with Gasteiger partial charge in [0.15, 0.2) is 0 Å². The maximum absolute atomic E-state index is 4.20. The van der Waals surface area contributed by atoms with Gasteiger partial charge in [-0.3, -0.25) is 4.98 Å². The Kier molecular flexibility index (Phi) is 4.77. The Morgan fingerprint density at radius 2 is 2.00 bits per heavy atom. The van der Waals surface area contributed by atoms with Crippen LogP contribution >= 0.6 is 59.1 Å². The predicted octanol–water partition coefficient (Wildman–Crippen LogP) is 4.74. The molecule has 0 saturated heterocycles. The Balaban J connectivity index is 2.43. The fourth-order valence-corrected chi connectivity index (χ4v) is 4.92. The molecule has 0 amide bonds. The molecule has 0 aliphatic heterocycles. The monoisotopic (exact) mass is 438 g/mol. The average molecular weight is 441 g/mol. The van der Waals surface area contributed by atoms with Crippen LogP contribution in [0, 0.1) is 0 Å². The van der Waals surface area contributed by atoms with Crippen LogP contribution in [0.25, 0.3) is 0 Å². The molecule has 2 rings (SSSR count). The van der Waals surface area contributed by atoms with E-state index in [0.29, 0.717) is 0 Å². The standard InChI is InChI=1S/C11H9Br3N2S/c1-15-10(6-2-7(12)5-16-4-6)8-3-9(13)17-11(8)14/h2-5,10,15H,1H3. The SMILES string of the molecule is CNC(c1cncc(Br)c1)c1cc(Br)sc1Br. The van der Waals surface area contributed by atoms with Crippen molar-refractivity contribution in [2.75, 3.05) is 7.05 Å². The molecule has 0 aliphatic carbocycles. The molecule has 90 valence electrons. The molecule has 0 fully saturated rings. The molecule has 1 atom stereocenters. The van der Waals surface area contributed by atoms with Crippen molar-refractivity contribution in [2.24, 2.45) is 0 Å². The van der Waals surface area contributed by atoms with Gasteiger partial charge in [0.05, 0.1) is 13.6 Å². The van der Waals surface area contributed by atoms with Crippen molar-refractivity contribution in [3.8, 4) is 0 Å². The number of hydrogen-bond acceptors (Lipinski definition) is 3. The summed E-state index contributed by atoms with van der Waals surface area (Å²) in [5, 5.41) is 3.31. The van der Waals surface area contributed by atoms with Gasteiger partial charge in [-0.1, -0.05) is 0 Å². The van der Waals surface area contributed by atoms with Crippen LogP contribution in [-0.4, -0.2) is 12.0 Å². The van der Waals surface area contributed by atoms with Gasteiger partial charge in [0, 0.05) is 16.9 Å². The first-order chi connectivity index (χ1) is 8.11. The van der Waals surface area contributed by atoms with E-state index in [4.69, 9.17) is 0 Å². The molecule has 17 heavy (non-hydrogen) atoms. The van der Waals surface area contributed by atoms with Crippen molar-refractivity contribution in [3.05, 3.63) is 47.7 Å². The zero-order chi connectivity index (χ0) is 12.4. The summed E-state index contributed by atoms with van der Waals surface area (Å²) in [4.78, 5) is 4.20. The van der Waals surface area contributed by atoms with Gasteiger partial charge in [-0.25, -0.2) is 0 Å². The Bertz CT molecular complexity index is 527. The molecular formula is C11H9Br3N2S. The number of hydrogen-bond donors (Lipinski definition) is 1. The van der Waals surface area contributed by atoms with Crippen molar-refractivity contribution in [3.63, 3.8) is 0 Å². The third-order valence-corrected chi connectivity index (χ3v) is 5.16. The van der Waals surface area contributed by atoms with E-state index in [9.17, 15) is 0 Å². The molecule has 6 heteroatoms. The van der Waals surface area contributed by atoms with E-state index in [0.717, 1.165) is 17.6 Å². The normalized spacial score (nSPS) is 12.7. The lowest BCUT2D eigenvalue weighted by atomic mass is 10.0. The Hall–Kier alpha value is 0.250. The molecule has 0 bridgehead atoms. The quantitative estimate of drug-likeness (QED) is 0.745. The second-order valence-electron chi connectivity index (χ2n) is 3.44. The minimum Gasteiger partial charge on any atom is -0.309 e. The minimum atomic E-state index is 0.136. The van der Waals surface area contributed by atoms with Crippen LogP contribution in [0.4, 0.5) is 0 Å². The highest BCUT2D eigenvalue weighted by molar-refractivity contribution is 9.12. The first kappa shape index (κ1) is 13.7. The molecule has 1 unspecified atom stereocenters. The zero-order valence-electron chi connectivity index (χ0n) is 8.88. The van der Waals surface area contributed by atoms with Gasteiger partial charge in [-0.05, 0) is 78.1 Å². The van der Waals surface area contributed by atoms with E-state index in [1.165, 1.54) is 5.56 Å². The second-order valence-corrected chi connectivity index (χ2v) is 8.10. The molecule has 0 radical (unpaired) electrons. The molecule has 0 aromatic carbocycles. The van der Waals surface area contributed by atoms with Gasteiger partial charge in [0.1, 0.15) is 0 Å². The summed E-state index contributed by atoms with van der Waals surface area (Å²) < 4.78 is 3.23. The van der Waals surface area contributed by atoms with Gasteiger partial charge in [0.25, 0.3) is 0 Å². The third-order valence-electron chi connectivity index (χ3n) is 2.34. The average Bonchev–Trinajstić information content (AvgIpc) is 2.59. The van der Waals surface area contributed by atoms with E-state index in [2.05, 4.69) is 70.2 Å². The highest BCUT2D eigenvalue weighted by Crippen LogP contribution is 2.37. The van der Waals surface area contributed by atoms with Crippen LogP contribution in [0.15, 0.2) is 36.6 Å². The van der Waals surface area contributed by atoms with Crippen LogP contribution in [0.1, 0.15) is 17.2 Å². The summed E-state index contributed by atoms with van der Waals surface area (Å²) in [6.07, 6.45) is 3.67. The molecule has 2 nitrogen and oxygen atoms in total. The fraction of sp³-hybridized carbons (Fsp3) is 0.182. The van der Waals surface area contributed by atoms with E-state index in [1.807, 2.05) is 13.2 Å². The molecular weight excluding hydrogens is 432 g/mol. The Morgan fingerprint density at radius 3 is 2.53 bits per heavy atom. The molecule has 1 N–H and O–H groups in total. The zero-order valence-corrected chi connectivity index (χ0v) is 14.5. The largest absolute Gasteiger partial charge is 0.309 e. The first-order valence-corrected chi connectivity index (χ1v) is 8.04. The van der Waals surface area contributed by atoms with E-state index < -0.39 is 0 Å². The highest BCUT2D eigenvalue weighted by Gasteiger charge is 2.18. The molecule has 0 aliphatic rings. The maximum Gasteiger partial charge on any atom is 0.0761 e. The van der Waals surface area contributed by atoms with Gasteiger partial charge in [0.2, 0.25) is 0 Å². The lowest BCUT2D eigenvalue weighted by Crippen LogP contribution is -2.17. The maximum atomic E-state index is 4.20. The molecule has 0 spiro atoms. The van der Waals surface area contributed by atoms with Crippen molar-refractivity contribution >= 4 is 59.1 Å². The number of nitrogens with zero attached hydrogens (tertiary/aromatic N) is 1. The highest BCUT2D eigenvalue weighted by atomic mass is 79.9. The number of pyridine rings is 1. The van der Waals surface area contributed by atoms with Gasteiger partial charge < -0.3 is 5.32 Å². The molecule has 0 saturated carbocycles. The summed E-state index contributed by atoms with van der Waals surface area (Å²) in [6.45, 7) is 0. The van der Waals surface area contributed by atoms with Gasteiger partial charge in [-0.2, -0.15) is 0 Å². The van der Waals surface area contributed by atoms with Crippen LogP contribution in [-0.2, 0) is 0 Å². The molecule has 2 heterocycles. The number of halogens is 3. The third kappa shape index (κ3) is 3.17. The van der Waals surface area contributed by atoms with Crippen molar-refractivity contribution in [1.82, 2.24) is 10.3 Å². The van der Waals surface area contributed by atoms with E-state index in [1.54, 1.807) is 17.5 Å². The molecule has 2 aromatic rings. The predicted molar refractivity (Wildman–Crippen MR) is 82.6 cm³/mol. The first-order valence-electron chi connectivity index (χ1n) is 4.84. The summed E-state index contributed by atoms with van der Waals surface area (Å²) in [5.74, 6) is 0. The Morgan fingerprint density at radius 1 is 1.24 bits per heavy atom. The number of thiophene rings is 1. The van der Waals surface area contributed by atoms with Gasteiger partial charge >= 0.3 is 0 Å². The van der Waals surface area contributed by atoms with Crippen molar-refractivity contribution in [1.29, 1.82) is 0 Å². The summed E-state index contributed by atoms with van der Waals surface area (Å²) >= 11 is 12.2. The van der Waals surface area contributed by atoms with Crippen LogP contribution in [0.3, 0.4) is 0 Å². The van der Waals surface area contributed by atoms with E-state index >= 15 is 0 Å². The van der Waals surface area contributed by atoms with Gasteiger partial charge in [-0.15, -0.1) is 11.3 Å². The topological polar surface area (TPSA) is 24.9 Å². The lowest BCUT2D eigenvalue weighted by Gasteiger charge is -2.16. The van der Waals surface area contributed by atoms with Crippen molar-refractivity contribution in [2.45, 2.75) is 6.04 Å². The Labute approximate surface area is 129 Å². The minimum absolute atomic E-state index is 0.136. The van der Waals surface area contributed by atoms with Crippen LogP contribution in [0.5, 0.6) is 0 Å². The van der Waals surface area contributed by atoms with Crippen LogP contribution < -0.4 is 5.32 Å². The second kappa shape index (κ2) is 5.93. The lowest BCUT2D eigenvalue weighted by molar-refractivity contribution is 0.688. The van der Waals surface area contributed by atoms with E-state index in [-0.39, 0.29) is 6.04 Å². The summed E-state index contributed by atoms with van der Waals surface area (Å²) in [6, 6.07) is 4.33. The fourth-order valence-electron chi connectivity index (χ4n) is 1.64. The number of aromatic nitrogens is 1. The molecule has 2 aromatic heterocycles.